The molecule has 4 aromatic rings. The van der Waals surface area contributed by atoms with E-state index in [1.807, 2.05) is 36.4 Å². The number of imidazole rings is 1. The van der Waals surface area contributed by atoms with Gasteiger partial charge in [-0.25, -0.2) is 9.97 Å². The molecule has 0 unspecified atom stereocenters. The van der Waals surface area contributed by atoms with Crippen molar-refractivity contribution in [3.63, 3.8) is 0 Å². The van der Waals surface area contributed by atoms with Crippen LogP contribution in [0.3, 0.4) is 0 Å². The van der Waals surface area contributed by atoms with Crippen LogP contribution in [-0.4, -0.2) is 44.5 Å². The number of benzene rings is 1. The molecule has 0 spiro atoms. The molecule has 1 aromatic carbocycles. The molecule has 0 amide bonds. The molecule has 27 heavy (non-hydrogen) atoms. The van der Waals surface area contributed by atoms with E-state index in [2.05, 4.69) is 51.7 Å². The summed E-state index contributed by atoms with van der Waals surface area (Å²) in [5, 5.41) is 0.689. The number of aromatic nitrogens is 3. The number of aromatic amines is 1. The van der Waals surface area contributed by atoms with E-state index in [0.29, 0.717) is 22.3 Å². The van der Waals surface area contributed by atoms with Crippen molar-refractivity contribution in [2.24, 2.45) is 0 Å². The van der Waals surface area contributed by atoms with Gasteiger partial charge in [0.2, 0.25) is 0 Å². The molecule has 0 saturated carbocycles. The average Bonchev–Trinajstić information content (AvgIpc) is 3.17. The smallest absolute Gasteiger partial charge is 0.175 e. The fourth-order valence-corrected chi connectivity index (χ4v) is 3.98. The first-order chi connectivity index (χ1) is 12.3. The van der Waals surface area contributed by atoms with Gasteiger partial charge in [0.15, 0.2) is 21.9 Å². The standard InChI is InChI=1S/C20H17BrClN3O.Na/c1-20(2,3)13-9-16(26-17(13)21)19-24-15-8-11(10-23-18(15)25-19)12-6-4-5-7-14(12)22;/h4-10H,1-3H3,(H,23,24,25);. The Labute approximate surface area is 193 Å². The molecule has 1 N–H and O–H groups in total. The van der Waals surface area contributed by atoms with Gasteiger partial charge in [-0.2, -0.15) is 0 Å². The molecule has 3 heterocycles. The minimum absolute atomic E-state index is 0. The minimum Gasteiger partial charge on any atom is -0.446 e. The van der Waals surface area contributed by atoms with Crippen molar-refractivity contribution in [1.82, 2.24) is 15.0 Å². The van der Waals surface area contributed by atoms with E-state index >= 15 is 0 Å². The zero-order chi connectivity index (χ0) is 18.5. The summed E-state index contributed by atoms with van der Waals surface area (Å²) >= 11 is 9.80. The molecule has 0 saturated heterocycles. The van der Waals surface area contributed by atoms with Gasteiger partial charge in [-0.1, -0.05) is 50.6 Å². The number of H-pyrrole nitrogens is 1. The first-order valence-electron chi connectivity index (χ1n) is 8.24. The number of hydrogen-bond acceptors (Lipinski definition) is 3. The number of pyridine rings is 1. The van der Waals surface area contributed by atoms with Crippen molar-refractivity contribution in [2.75, 3.05) is 0 Å². The van der Waals surface area contributed by atoms with E-state index in [0.717, 1.165) is 26.9 Å². The predicted molar refractivity (Wildman–Crippen MR) is 114 cm³/mol. The van der Waals surface area contributed by atoms with Crippen molar-refractivity contribution in [3.8, 4) is 22.7 Å². The first-order valence-corrected chi connectivity index (χ1v) is 9.41. The monoisotopic (exact) mass is 452 g/mol. The number of fused-ring (bicyclic) bond motifs is 1. The molecular weight excluding hydrogens is 437 g/mol. The third-order valence-corrected chi connectivity index (χ3v) is 5.17. The summed E-state index contributed by atoms with van der Waals surface area (Å²) in [7, 11) is 0. The van der Waals surface area contributed by atoms with Crippen molar-refractivity contribution >= 4 is 68.3 Å². The van der Waals surface area contributed by atoms with Gasteiger partial charge in [0.1, 0.15) is 5.52 Å². The van der Waals surface area contributed by atoms with Crippen LogP contribution in [0.25, 0.3) is 33.9 Å². The number of nitrogens with zero attached hydrogens (tertiary/aromatic N) is 2. The Morgan fingerprint density at radius 2 is 1.89 bits per heavy atom. The fraction of sp³-hybridized carbons (Fsp3) is 0.200. The normalized spacial score (nSPS) is 11.6. The van der Waals surface area contributed by atoms with Crippen LogP contribution < -0.4 is 0 Å². The molecule has 0 aliphatic carbocycles. The minimum atomic E-state index is -0.0257. The van der Waals surface area contributed by atoms with E-state index in [-0.39, 0.29) is 35.0 Å². The topological polar surface area (TPSA) is 54.7 Å². The summed E-state index contributed by atoms with van der Waals surface area (Å²) in [6.45, 7) is 6.42. The second-order valence-electron chi connectivity index (χ2n) is 7.21. The molecule has 4 rings (SSSR count). The summed E-state index contributed by atoms with van der Waals surface area (Å²) in [5.41, 5.74) is 4.41. The summed E-state index contributed by atoms with van der Waals surface area (Å²) in [6.07, 6.45) is 1.80. The van der Waals surface area contributed by atoms with E-state index in [1.54, 1.807) is 6.20 Å². The van der Waals surface area contributed by atoms with Crippen LogP contribution in [0.1, 0.15) is 26.3 Å². The van der Waals surface area contributed by atoms with Crippen LogP contribution >= 0.6 is 27.5 Å². The maximum Gasteiger partial charge on any atom is 0.175 e. The van der Waals surface area contributed by atoms with E-state index in [4.69, 9.17) is 16.0 Å². The summed E-state index contributed by atoms with van der Waals surface area (Å²) in [4.78, 5) is 12.4. The second-order valence-corrected chi connectivity index (χ2v) is 8.33. The number of furan rings is 1. The van der Waals surface area contributed by atoms with Crippen LogP contribution in [0.4, 0.5) is 0 Å². The van der Waals surface area contributed by atoms with Gasteiger partial charge in [0.25, 0.3) is 0 Å². The van der Waals surface area contributed by atoms with E-state index < -0.39 is 0 Å². The molecule has 1 radical (unpaired) electrons. The van der Waals surface area contributed by atoms with Crippen LogP contribution in [0.5, 0.6) is 0 Å². The molecule has 7 heteroatoms. The maximum atomic E-state index is 6.30. The van der Waals surface area contributed by atoms with Gasteiger partial charge < -0.3 is 9.40 Å². The third-order valence-electron chi connectivity index (χ3n) is 4.25. The number of halogens is 2. The number of hydrogen-bond donors (Lipinski definition) is 1. The fourth-order valence-electron chi connectivity index (χ4n) is 2.85. The van der Waals surface area contributed by atoms with Gasteiger partial charge in [-0.15, -0.1) is 0 Å². The summed E-state index contributed by atoms with van der Waals surface area (Å²) < 4.78 is 6.59. The van der Waals surface area contributed by atoms with E-state index in [9.17, 15) is 0 Å². The molecule has 0 fully saturated rings. The first kappa shape index (κ1) is 20.6. The van der Waals surface area contributed by atoms with Crippen LogP contribution in [-0.2, 0) is 5.41 Å². The molecule has 4 nitrogen and oxygen atoms in total. The number of nitrogens with one attached hydrogen (secondary N) is 1. The van der Waals surface area contributed by atoms with Gasteiger partial charge in [0, 0.05) is 57.5 Å². The van der Waals surface area contributed by atoms with Crippen molar-refractivity contribution < 1.29 is 4.42 Å². The SMILES string of the molecule is CC(C)(C)c1cc(-c2nc3cc(-c4ccccc4Cl)cnc3[nH]2)oc1Br.[Na]. The maximum absolute atomic E-state index is 6.30. The Bertz CT molecular complexity index is 1110. The largest absolute Gasteiger partial charge is 0.446 e. The Morgan fingerprint density at radius 3 is 2.56 bits per heavy atom. The van der Waals surface area contributed by atoms with Gasteiger partial charge in [-0.3, -0.25) is 0 Å². The second kappa shape index (κ2) is 7.72. The van der Waals surface area contributed by atoms with Gasteiger partial charge in [0.05, 0.1) is 0 Å². The van der Waals surface area contributed by atoms with Crippen molar-refractivity contribution in [2.45, 2.75) is 26.2 Å². The van der Waals surface area contributed by atoms with Crippen molar-refractivity contribution in [1.29, 1.82) is 0 Å². The predicted octanol–water partition coefficient (Wildman–Crippen LogP) is 6.22. The molecule has 133 valence electrons. The summed E-state index contributed by atoms with van der Waals surface area (Å²) in [5.74, 6) is 1.33. The Hall–Kier alpha value is -1.11. The van der Waals surface area contributed by atoms with Gasteiger partial charge >= 0.3 is 0 Å². The molecular formula is C20H17BrClN3NaO. The average molecular weight is 454 g/mol. The zero-order valence-corrected chi connectivity index (χ0v) is 19.9. The van der Waals surface area contributed by atoms with Crippen LogP contribution in [0, 0.1) is 0 Å². The molecule has 0 aliphatic rings. The third kappa shape index (κ3) is 4.03. The molecule has 0 bridgehead atoms. The molecule has 0 aliphatic heterocycles. The van der Waals surface area contributed by atoms with Crippen LogP contribution in [0.2, 0.25) is 5.02 Å². The van der Waals surface area contributed by atoms with Crippen LogP contribution in [0.15, 0.2) is 51.7 Å². The van der Waals surface area contributed by atoms with Gasteiger partial charge in [-0.05, 0) is 39.5 Å². The Kier molecular flexibility index (Phi) is 5.90. The molecule has 3 aromatic heterocycles. The van der Waals surface area contributed by atoms with Crippen molar-refractivity contribution in [3.05, 3.63) is 57.9 Å². The summed E-state index contributed by atoms with van der Waals surface area (Å²) in [6, 6.07) is 11.7. The zero-order valence-electron chi connectivity index (χ0n) is 15.6. The molecule has 0 atom stereocenters. The Morgan fingerprint density at radius 1 is 1.15 bits per heavy atom. The number of rotatable bonds is 2. The van der Waals surface area contributed by atoms with E-state index in [1.165, 1.54) is 0 Å². The quantitative estimate of drug-likeness (QED) is 0.367. The Balaban J connectivity index is 0.00000210.